The van der Waals surface area contributed by atoms with Crippen LogP contribution in [0, 0.1) is 0 Å². The number of thiazole rings is 2. The van der Waals surface area contributed by atoms with Gasteiger partial charge >= 0.3 is 0 Å². The molecule has 8 aromatic heterocycles. The lowest BCUT2D eigenvalue weighted by atomic mass is 10.1. The number of rotatable bonds is 9. The molecule has 0 aliphatic carbocycles. The Morgan fingerprint density at radius 3 is 1.59 bits per heavy atom. The lowest BCUT2D eigenvalue weighted by Gasteiger charge is -2.07. The Morgan fingerprint density at radius 1 is 0.587 bits per heavy atom. The largest absolute Gasteiger partial charge is 0.383 e. The summed E-state index contributed by atoms with van der Waals surface area (Å²) in [7, 11) is 7.23. The second-order valence-electron chi connectivity index (χ2n) is 14.4. The van der Waals surface area contributed by atoms with Crippen molar-refractivity contribution in [3.05, 3.63) is 108 Å². The van der Waals surface area contributed by atoms with Crippen molar-refractivity contribution in [2.24, 2.45) is 14.1 Å². The van der Waals surface area contributed by atoms with E-state index in [4.69, 9.17) is 15.1 Å². The predicted octanol–water partition coefficient (Wildman–Crippen LogP) is 5.43. The first-order valence-corrected chi connectivity index (χ1v) is 21.5. The number of carbonyl (C=O) groups is 2. The molecule has 3 N–H and O–H groups in total. The Hall–Kier alpha value is -7.36. The van der Waals surface area contributed by atoms with Crippen molar-refractivity contribution in [1.82, 2.24) is 69.2 Å². The number of aliphatic hydroxyl groups excluding tert-OH is 1. The van der Waals surface area contributed by atoms with Crippen molar-refractivity contribution in [2.45, 2.75) is 24.9 Å². The lowest BCUT2D eigenvalue weighted by Crippen LogP contribution is -2.24. The van der Waals surface area contributed by atoms with Crippen LogP contribution in [-0.4, -0.2) is 119 Å². The van der Waals surface area contributed by atoms with Gasteiger partial charge in [-0.25, -0.2) is 39.9 Å². The van der Waals surface area contributed by atoms with E-state index in [2.05, 4.69) is 50.7 Å². The highest BCUT2D eigenvalue weighted by Gasteiger charge is 2.32. The first kappa shape index (κ1) is 42.3. The summed E-state index contributed by atoms with van der Waals surface area (Å²) >= 11 is 3.06. The number of hydrogen-bond donors (Lipinski definition) is 3. The molecule has 0 bridgehead atoms. The number of pyridine rings is 2. The fourth-order valence-electron chi connectivity index (χ4n) is 6.52. The molecule has 21 heteroatoms. The smallest absolute Gasteiger partial charge is 0.251 e. The van der Waals surface area contributed by atoms with Crippen LogP contribution in [0.2, 0.25) is 0 Å². The van der Waals surface area contributed by atoms with Crippen LogP contribution in [0.4, 0.5) is 23.5 Å². The number of aromatic nitrogens is 12. The summed E-state index contributed by atoms with van der Waals surface area (Å²) < 4.78 is 3.42. The SMILES string of the molecule is CN1CCC(O)C1=O.CN1CCC(c2csc(-c3cccc(-c4ccnc(Nc5ccn(C)n5)n4)n3)n2)C1=O.Cn1ccc(Nc2nccc(-c3cccc(-c4nccs4)n3)n2)n1. The second kappa shape index (κ2) is 19.1. The van der Waals surface area contributed by atoms with E-state index < -0.39 is 6.10 Å². The zero-order valence-corrected chi connectivity index (χ0v) is 36.3. The lowest BCUT2D eigenvalue weighted by molar-refractivity contribution is -0.133. The first-order valence-electron chi connectivity index (χ1n) is 19.7. The molecule has 2 atom stereocenters. The van der Waals surface area contributed by atoms with E-state index in [1.165, 1.54) is 16.2 Å². The molecule has 19 nitrogen and oxygen atoms in total. The number of amides is 2. The summed E-state index contributed by atoms with van der Waals surface area (Å²) in [6.45, 7) is 1.46. The number of carbonyl (C=O) groups excluding carboxylic acids is 2. The fourth-order valence-corrected chi connectivity index (χ4v) is 7.97. The van der Waals surface area contributed by atoms with Crippen molar-refractivity contribution in [3.8, 4) is 44.2 Å². The third-order valence-corrected chi connectivity index (χ3v) is 11.5. The maximum atomic E-state index is 12.3. The van der Waals surface area contributed by atoms with Gasteiger partial charge in [-0.05, 0) is 49.2 Å². The average Bonchev–Trinajstić information content (AvgIpc) is 4.19. The molecule has 0 saturated carbocycles. The molecule has 320 valence electrons. The third-order valence-electron chi connectivity index (χ3n) is 9.82. The number of anilines is 4. The summed E-state index contributed by atoms with van der Waals surface area (Å²) in [4.78, 5) is 62.2. The van der Waals surface area contributed by atoms with Crippen molar-refractivity contribution < 1.29 is 14.7 Å². The zero-order valence-electron chi connectivity index (χ0n) is 34.6. The van der Waals surface area contributed by atoms with Crippen LogP contribution in [0.3, 0.4) is 0 Å². The Bertz CT molecular complexity index is 2810. The predicted molar refractivity (Wildman–Crippen MR) is 239 cm³/mol. The molecule has 10 rings (SSSR count). The minimum Gasteiger partial charge on any atom is -0.383 e. The van der Waals surface area contributed by atoms with E-state index in [0.29, 0.717) is 42.2 Å². The molecule has 0 spiro atoms. The highest BCUT2D eigenvalue weighted by Crippen LogP contribution is 2.32. The molecule has 2 amide bonds. The van der Waals surface area contributed by atoms with Gasteiger partial charge in [0.25, 0.3) is 5.91 Å². The monoisotopic (exact) mass is 882 g/mol. The summed E-state index contributed by atoms with van der Waals surface area (Å²) in [6.07, 6.45) is 9.53. The quantitative estimate of drug-likeness (QED) is 0.164. The van der Waals surface area contributed by atoms with Crippen LogP contribution < -0.4 is 10.6 Å². The van der Waals surface area contributed by atoms with E-state index in [1.54, 1.807) is 51.2 Å². The maximum Gasteiger partial charge on any atom is 0.251 e. The van der Waals surface area contributed by atoms with Gasteiger partial charge in [0, 0.05) is 95.2 Å². The highest BCUT2D eigenvalue weighted by atomic mass is 32.1. The summed E-state index contributed by atoms with van der Waals surface area (Å²) in [5.41, 5.74) is 5.34. The van der Waals surface area contributed by atoms with E-state index in [1.807, 2.05) is 105 Å². The number of aryl methyl sites for hydroxylation is 2. The van der Waals surface area contributed by atoms with E-state index >= 15 is 0 Å². The van der Waals surface area contributed by atoms with Crippen LogP contribution in [-0.2, 0) is 23.7 Å². The van der Waals surface area contributed by atoms with E-state index in [0.717, 1.165) is 57.1 Å². The number of aliphatic hydroxyl groups is 1. The molecule has 2 unspecified atom stereocenters. The molecule has 2 fully saturated rings. The molecule has 0 radical (unpaired) electrons. The Labute approximate surface area is 369 Å². The van der Waals surface area contributed by atoms with Crippen molar-refractivity contribution in [2.75, 3.05) is 37.8 Å². The average molecular weight is 883 g/mol. The first-order chi connectivity index (χ1) is 30.6. The van der Waals surface area contributed by atoms with E-state index in [-0.39, 0.29) is 17.7 Å². The second-order valence-corrected chi connectivity index (χ2v) is 16.2. The maximum absolute atomic E-state index is 12.3. The van der Waals surface area contributed by atoms with Crippen LogP contribution in [0.1, 0.15) is 24.5 Å². The molecule has 63 heavy (non-hydrogen) atoms. The molecule has 2 aliphatic rings. The van der Waals surface area contributed by atoms with Crippen LogP contribution in [0.5, 0.6) is 0 Å². The zero-order chi connectivity index (χ0) is 43.9. The number of likely N-dealkylation sites (N-methyl/N-ethyl adjacent to an activating group) is 2. The fraction of sp³-hybridized carbons (Fsp3) is 0.238. The van der Waals surface area contributed by atoms with Gasteiger partial charge < -0.3 is 25.5 Å². The number of nitrogens with zero attached hydrogens (tertiary/aromatic N) is 14. The standard InChI is InChI=1S/C21H20N8OS.C16H13N7S.C5H9NO2/c1-28-10-7-13(20(28)30)17-12-31-19(24-17)16-5-3-4-14(23-16)15-6-9-22-21(25-15)26-18-8-11-29(2)27-18;1-23-9-6-14(22-23)21-16-18-7-5-12(20-16)11-3-2-4-13(19-11)15-17-8-10-24-15;1-6-3-2-4(7)5(6)8/h3-6,8-9,11-13H,7,10H2,1-2H3,(H,22,25,26,27);2-10H,1H3,(H,18,20,21,22);4,7H,2-3H2,1H3. The highest BCUT2D eigenvalue weighted by molar-refractivity contribution is 7.13. The summed E-state index contributed by atoms with van der Waals surface area (Å²) in [6, 6.07) is 18.9. The minimum atomic E-state index is -0.722. The van der Waals surface area contributed by atoms with Crippen LogP contribution >= 0.6 is 22.7 Å². The normalized spacial score (nSPS) is 15.8. The topological polar surface area (TPSA) is 224 Å². The Kier molecular flexibility index (Phi) is 12.9. The molecule has 2 aliphatic heterocycles. The van der Waals surface area contributed by atoms with Gasteiger partial charge in [-0.3, -0.25) is 19.0 Å². The molecular formula is C42H42N16O3S2. The number of nitrogens with one attached hydrogen (secondary N) is 2. The van der Waals surface area contributed by atoms with E-state index in [9.17, 15) is 9.59 Å². The summed E-state index contributed by atoms with van der Waals surface area (Å²) in [5, 5.41) is 29.1. The molecule has 2 saturated heterocycles. The minimum absolute atomic E-state index is 0.132. The summed E-state index contributed by atoms with van der Waals surface area (Å²) in [5.74, 6) is 2.12. The van der Waals surface area contributed by atoms with Gasteiger partial charge in [0.2, 0.25) is 17.8 Å². The number of hydrogen-bond acceptors (Lipinski definition) is 17. The van der Waals surface area contributed by atoms with Gasteiger partial charge in [-0.1, -0.05) is 12.1 Å². The van der Waals surface area contributed by atoms with Crippen molar-refractivity contribution in [3.63, 3.8) is 0 Å². The molecule has 8 aromatic rings. The van der Waals surface area contributed by atoms with Gasteiger partial charge in [0.1, 0.15) is 16.1 Å². The van der Waals surface area contributed by atoms with Crippen molar-refractivity contribution >= 4 is 58.0 Å². The Balaban J connectivity index is 0.000000150. The van der Waals surface area contributed by atoms with Gasteiger partial charge in [0.15, 0.2) is 11.6 Å². The third kappa shape index (κ3) is 10.4. The molecule has 0 aromatic carbocycles. The molecule has 10 heterocycles. The molecular weight excluding hydrogens is 841 g/mol. The van der Waals surface area contributed by atoms with Crippen LogP contribution in [0.15, 0.2) is 102 Å². The Morgan fingerprint density at radius 2 is 1.13 bits per heavy atom. The van der Waals surface area contributed by atoms with Crippen molar-refractivity contribution in [1.29, 1.82) is 0 Å². The van der Waals surface area contributed by atoms with Gasteiger partial charge in [-0.15, -0.1) is 22.7 Å². The van der Waals surface area contributed by atoms with Gasteiger partial charge in [0.05, 0.1) is 45.8 Å². The number of likely N-dealkylation sites (tertiary alicyclic amines) is 2. The van der Waals surface area contributed by atoms with Gasteiger partial charge in [-0.2, -0.15) is 10.2 Å². The van der Waals surface area contributed by atoms with Crippen LogP contribution in [0.25, 0.3) is 44.2 Å².